The van der Waals surface area contributed by atoms with Gasteiger partial charge >= 0.3 is 0 Å². The van der Waals surface area contributed by atoms with E-state index in [1.807, 2.05) is 30.5 Å². The summed E-state index contributed by atoms with van der Waals surface area (Å²) in [6.07, 6.45) is 5.10. The Kier molecular flexibility index (Phi) is 3.05. The zero-order chi connectivity index (χ0) is 13.2. The molecule has 19 heavy (non-hydrogen) atoms. The van der Waals surface area contributed by atoms with Gasteiger partial charge in [-0.1, -0.05) is 6.07 Å². The number of nitrogens with one attached hydrogen (secondary N) is 2. The van der Waals surface area contributed by atoms with Crippen molar-refractivity contribution in [3.63, 3.8) is 0 Å². The first-order valence-electron chi connectivity index (χ1n) is 5.72. The van der Waals surface area contributed by atoms with Crippen LogP contribution in [-0.4, -0.2) is 15.9 Å². The molecule has 2 heterocycles. The maximum Gasteiger partial charge on any atom is 0.256 e. The number of aromatic nitrogens is 2. The van der Waals surface area contributed by atoms with Gasteiger partial charge in [0.05, 0.1) is 11.9 Å². The molecule has 0 bridgehead atoms. The Morgan fingerprint density at radius 3 is 3.00 bits per heavy atom. The summed E-state index contributed by atoms with van der Waals surface area (Å²) in [6.45, 7) is 0. The first-order valence-corrected chi connectivity index (χ1v) is 6.51. The summed E-state index contributed by atoms with van der Waals surface area (Å²) in [4.78, 5) is 19.4. The maximum atomic E-state index is 12.3. The Labute approximate surface area is 118 Å². The van der Waals surface area contributed by atoms with Crippen LogP contribution in [0.25, 0.3) is 10.9 Å². The molecule has 2 N–H and O–H groups in total. The van der Waals surface area contributed by atoms with Crippen LogP contribution in [0.1, 0.15) is 10.4 Å². The smallest absolute Gasteiger partial charge is 0.256 e. The van der Waals surface area contributed by atoms with Crippen molar-refractivity contribution in [2.75, 3.05) is 5.32 Å². The molecule has 0 unspecified atom stereocenters. The number of benzene rings is 1. The molecule has 1 amide bonds. The third-order valence-corrected chi connectivity index (χ3v) is 3.24. The molecule has 0 aliphatic rings. The molecule has 2 aromatic heterocycles. The van der Waals surface area contributed by atoms with Crippen LogP contribution in [0.2, 0.25) is 0 Å². The normalized spacial score (nSPS) is 10.6. The minimum Gasteiger partial charge on any atom is -0.361 e. The van der Waals surface area contributed by atoms with E-state index in [1.165, 1.54) is 0 Å². The summed E-state index contributed by atoms with van der Waals surface area (Å²) < 4.78 is 0.824. The molecule has 0 atom stereocenters. The minimum absolute atomic E-state index is 0.148. The standard InChI is InChI=1S/C14H10BrN3O/c15-9-6-10(8-16-7-9)18-14(19)12-2-1-3-13-11(12)4-5-17-13/h1-8,17H,(H,18,19). The Morgan fingerprint density at radius 1 is 1.26 bits per heavy atom. The first-order chi connectivity index (χ1) is 9.24. The van der Waals surface area contributed by atoms with Crippen LogP contribution in [0.3, 0.4) is 0 Å². The van der Waals surface area contributed by atoms with Crippen molar-refractivity contribution in [2.24, 2.45) is 0 Å². The van der Waals surface area contributed by atoms with E-state index in [1.54, 1.807) is 18.5 Å². The summed E-state index contributed by atoms with van der Waals surface area (Å²) in [6, 6.07) is 9.29. The van der Waals surface area contributed by atoms with Gasteiger partial charge in [-0.15, -0.1) is 0 Å². The van der Waals surface area contributed by atoms with Crippen molar-refractivity contribution < 1.29 is 4.79 Å². The molecule has 3 aromatic rings. The predicted molar refractivity (Wildman–Crippen MR) is 78.2 cm³/mol. The van der Waals surface area contributed by atoms with E-state index in [-0.39, 0.29) is 5.91 Å². The third-order valence-electron chi connectivity index (χ3n) is 2.80. The van der Waals surface area contributed by atoms with E-state index in [2.05, 4.69) is 31.2 Å². The fraction of sp³-hybridized carbons (Fsp3) is 0. The zero-order valence-electron chi connectivity index (χ0n) is 9.85. The summed E-state index contributed by atoms with van der Waals surface area (Å²) >= 11 is 3.32. The lowest BCUT2D eigenvalue weighted by Crippen LogP contribution is -2.12. The lowest BCUT2D eigenvalue weighted by molar-refractivity contribution is 0.102. The maximum absolute atomic E-state index is 12.3. The van der Waals surface area contributed by atoms with Crippen LogP contribution in [0.4, 0.5) is 5.69 Å². The Bertz CT molecular complexity index is 751. The summed E-state index contributed by atoms with van der Waals surface area (Å²) in [7, 11) is 0. The van der Waals surface area contributed by atoms with E-state index in [9.17, 15) is 4.79 Å². The number of amides is 1. The number of carbonyl (C=O) groups is 1. The predicted octanol–water partition coefficient (Wildman–Crippen LogP) is 3.58. The van der Waals surface area contributed by atoms with Gasteiger partial charge in [0, 0.05) is 33.3 Å². The molecule has 0 saturated carbocycles. The van der Waals surface area contributed by atoms with Crippen LogP contribution in [0, 0.1) is 0 Å². The molecule has 0 spiro atoms. The molecule has 0 radical (unpaired) electrons. The van der Waals surface area contributed by atoms with E-state index in [4.69, 9.17) is 0 Å². The van der Waals surface area contributed by atoms with Crippen LogP contribution >= 0.6 is 15.9 Å². The average Bonchev–Trinajstić information content (AvgIpc) is 2.86. The molecule has 94 valence electrons. The zero-order valence-corrected chi connectivity index (χ0v) is 11.4. The molecule has 0 aliphatic carbocycles. The van der Waals surface area contributed by atoms with Crippen molar-refractivity contribution in [1.29, 1.82) is 0 Å². The molecule has 0 fully saturated rings. The molecular weight excluding hydrogens is 306 g/mol. The van der Waals surface area contributed by atoms with Gasteiger partial charge in [0.2, 0.25) is 0 Å². The molecule has 1 aromatic carbocycles. The lowest BCUT2D eigenvalue weighted by Gasteiger charge is -2.06. The largest absolute Gasteiger partial charge is 0.361 e. The van der Waals surface area contributed by atoms with Gasteiger partial charge in [0.25, 0.3) is 5.91 Å². The topological polar surface area (TPSA) is 57.8 Å². The highest BCUT2D eigenvalue weighted by Crippen LogP contribution is 2.19. The highest BCUT2D eigenvalue weighted by atomic mass is 79.9. The molecule has 3 rings (SSSR count). The highest BCUT2D eigenvalue weighted by Gasteiger charge is 2.10. The number of fused-ring (bicyclic) bond motifs is 1. The fourth-order valence-electron chi connectivity index (χ4n) is 1.96. The van der Waals surface area contributed by atoms with Crippen LogP contribution in [0.15, 0.2) is 53.4 Å². The van der Waals surface area contributed by atoms with Crippen LogP contribution in [0.5, 0.6) is 0 Å². The second-order valence-electron chi connectivity index (χ2n) is 4.09. The van der Waals surface area contributed by atoms with E-state index in [0.717, 1.165) is 15.4 Å². The molecule has 5 heteroatoms. The number of nitrogens with zero attached hydrogens (tertiary/aromatic N) is 1. The SMILES string of the molecule is O=C(Nc1cncc(Br)c1)c1cccc2[nH]ccc12. The quantitative estimate of drug-likeness (QED) is 0.759. The van der Waals surface area contributed by atoms with Gasteiger partial charge < -0.3 is 10.3 Å². The van der Waals surface area contributed by atoms with Crippen LogP contribution < -0.4 is 5.32 Å². The summed E-state index contributed by atoms with van der Waals surface area (Å²) in [5, 5.41) is 3.74. The second kappa shape index (κ2) is 4.85. The second-order valence-corrected chi connectivity index (χ2v) is 5.01. The van der Waals surface area contributed by atoms with Crippen molar-refractivity contribution in [1.82, 2.24) is 9.97 Å². The van der Waals surface area contributed by atoms with Gasteiger partial charge in [-0.2, -0.15) is 0 Å². The van der Waals surface area contributed by atoms with Crippen molar-refractivity contribution in [3.8, 4) is 0 Å². The fourth-order valence-corrected chi connectivity index (χ4v) is 2.33. The molecule has 0 saturated heterocycles. The van der Waals surface area contributed by atoms with Gasteiger partial charge in [-0.3, -0.25) is 9.78 Å². The van der Waals surface area contributed by atoms with Crippen molar-refractivity contribution >= 4 is 38.4 Å². The van der Waals surface area contributed by atoms with Gasteiger partial charge in [0.15, 0.2) is 0 Å². The number of rotatable bonds is 2. The average molecular weight is 316 g/mol. The summed E-state index contributed by atoms with van der Waals surface area (Å²) in [5.74, 6) is -0.148. The Hall–Kier alpha value is -2.14. The lowest BCUT2D eigenvalue weighted by atomic mass is 10.1. The number of anilines is 1. The van der Waals surface area contributed by atoms with E-state index in [0.29, 0.717) is 11.3 Å². The number of halogens is 1. The molecule has 0 aliphatic heterocycles. The van der Waals surface area contributed by atoms with Crippen LogP contribution in [-0.2, 0) is 0 Å². The number of hydrogen-bond acceptors (Lipinski definition) is 2. The number of carbonyl (C=O) groups excluding carboxylic acids is 1. The number of pyridine rings is 1. The number of H-pyrrole nitrogens is 1. The molecular formula is C14H10BrN3O. The van der Waals surface area contributed by atoms with E-state index < -0.39 is 0 Å². The highest BCUT2D eigenvalue weighted by molar-refractivity contribution is 9.10. The van der Waals surface area contributed by atoms with Crippen molar-refractivity contribution in [2.45, 2.75) is 0 Å². The van der Waals surface area contributed by atoms with E-state index >= 15 is 0 Å². The number of aromatic amines is 1. The van der Waals surface area contributed by atoms with Crippen molar-refractivity contribution in [3.05, 3.63) is 59.0 Å². The first kappa shape index (κ1) is 11.9. The Morgan fingerprint density at radius 2 is 2.16 bits per heavy atom. The van der Waals surface area contributed by atoms with Gasteiger partial charge in [-0.25, -0.2) is 0 Å². The summed E-state index contributed by atoms with van der Waals surface area (Å²) in [5.41, 5.74) is 2.24. The Balaban J connectivity index is 1.94. The monoisotopic (exact) mass is 315 g/mol. The third kappa shape index (κ3) is 2.37. The molecule has 4 nitrogen and oxygen atoms in total. The number of hydrogen-bond donors (Lipinski definition) is 2. The van der Waals surface area contributed by atoms with Gasteiger partial charge in [0.1, 0.15) is 0 Å². The minimum atomic E-state index is -0.148. The van der Waals surface area contributed by atoms with Gasteiger partial charge in [-0.05, 0) is 40.2 Å².